The summed E-state index contributed by atoms with van der Waals surface area (Å²) in [7, 11) is 0. The van der Waals surface area contributed by atoms with Gasteiger partial charge in [0.05, 0.1) is 24.2 Å². The van der Waals surface area contributed by atoms with Gasteiger partial charge >= 0.3 is 5.97 Å². The van der Waals surface area contributed by atoms with E-state index in [-0.39, 0.29) is 5.97 Å². The second-order valence-electron chi connectivity index (χ2n) is 8.60. The predicted octanol–water partition coefficient (Wildman–Crippen LogP) is 3.83. The van der Waals surface area contributed by atoms with Gasteiger partial charge in [-0.1, -0.05) is 26.0 Å². The molecule has 174 valence electrons. The summed E-state index contributed by atoms with van der Waals surface area (Å²) in [6.45, 7) is 9.19. The molecular formula is C25H31N5O3. The van der Waals surface area contributed by atoms with Gasteiger partial charge in [0, 0.05) is 45.2 Å². The van der Waals surface area contributed by atoms with Crippen LogP contribution in [0, 0.1) is 0 Å². The van der Waals surface area contributed by atoms with Crippen LogP contribution in [0.25, 0.3) is 27.7 Å². The topological polar surface area (TPSA) is 73.9 Å². The van der Waals surface area contributed by atoms with Gasteiger partial charge in [0.25, 0.3) is 0 Å². The van der Waals surface area contributed by atoms with E-state index in [1.807, 2.05) is 31.3 Å². The van der Waals surface area contributed by atoms with Gasteiger partial charge in [0.15, 0.2) is 11.4 Å². The van der Waals surface area contributed by atoms with Crippen LogP contribution < -0.4 is 4.74 Å². The summed E-state index contributed by atoms with van der Waals surface area (Å²) < 4.78 is 15.6. The number of rotatable bonds is 8. The smallest absolute Gasteiger partial charge is 0.311 e. The third kappa shape index (κ3) is 4.20. The SMILES string of the molecule is CCCC(=O)Oc1cn(CCN2CCOCC2)c2nc(CCC)n3c4ccccc4nc3c12. The van der Waals surface area contributed by atoms with Crippen LogP contribution in [0.1, 0.15) is 38.9 Å². The van der Waals surface area contributed by atoms with Crippen molar-refractivity contribution in [2.24, 2.45) is 0 Å². The number of esters is 1. The fourth-order valence-corrected chi connectivity index (χ4v) is 4.57. The minimum atomic E-state index is -0.225. The number of carbonyl (C=O) groups is 1. The Bertz CT molecular complexity index is 1290. The number of aryl methyl sites for hydroxylation is 1. The number of para-hydroxylation sites is 2. The molecule has 0 amide bonds. The third-order valence-electron chi connectivity index (χ3n) is 6.20. The highest BCUT2D eigenvalue weighted by Gasteiger charge is 2.22. The Morgan fingerprint density at radius 2 is 1.88 bits per heavy atom. The van der Waals surface area contributed by atoms with Gasteiger partial charge in [0.1, 0.15) is 16.9 Å². The molecule has 0 radical (unpaired) electrons. The summed E-state index contributed by atoms with van der Waals surface area (Å²) in [6.07, 6.45) is 4.88. The molecule has 0 atom stereocenters. The van der Waals surface area contributed by atoms with E-state index in [0.29, 0.717) is 12.2 Å². The van der Waals surface area contributed by atoms with Gasteiger partial charge in [-0.2, -0.15) is 0 Å². The largest absolute Gasteiger partial charge is 0.424 e. The van der Waals surface area contributed by atoms with Crippen molar-refractivity contribution < 1.29 is 14.3 Å². The molecule has 0 spiro atoms. The summed E-state index contributed by atoms with van der Waals surface area (Å²) in [5, 5.41) is 0.803. The Morgan fingerprint density at radius 1 is 1.06 bits per heavy atom. The lowest BCUT2D eigenvalue weighted by molar-refractivity contribution is -0.134. The summed E-state index contributed by atoms with van der Waals surface area (Å²) in [6, 6.07) is 8.10. The van der Waals surface area contributed by atoms with Gasteiger partial charge in [0.2, 0.25) is 0 Å². The Balaban J connectivity index is 1.67. The number of imidazole rings is 1. The molecule has 33 heavy (non-hydrogen) atoms. The molecule has 1 aliphatic rings. The summed E-state index contributed by atoms with van der Waals surface area (Å²) in [5.74, 6) is 1.30. The van der Waals surface area contributed by atoms with E-state index < -0.39 is 0 Å². The monoisotopic (exact) mass is 449 g/mol. The molecule has 8 nitrogen and oxygen atoms in total. The molecule has 0 aliphatic carbocycles. The molecule has 1 fully saturated rings. The van der Waals surface area contributed by atoms with Crippen LogP contribution in [0.2, 0.25) is 0 Å². The number of aromatic nitrogens is 4. The highest BCUT2D eigenvalue weighted by atomic mass is 16.5. The number of ether oxygens (including phenoxy) is 2. The second-order valence-corrected chi connectivity index (χ2v) is 8.60. The van der Waals surface area contributed by atoms with Crippen LogP contribution >= 0.6 is 0 Å². The van der Waals surface area contributed by atoms with Gasteiger partial charge in [-0.25, -0.2) is 9.97 Å². The quantitative estimate of drug-likeness (QED) is 0.381. The van der Waals surface area contributed by atoms with E-state index >= 15 is 0 Å². The number of carbonyl (C=O) groups excluding carboxylic acids is 1. The van der Waals surface area contributed by atoms with Gasteiger partial charge in [-0.05, 0) is 25.0 Å². The predicted molar refractivity (Wildman–Crippen MR) is 128 cm³/mol. The lowest BCUT2D eigenvalue weighted by atomic mass is 10.2. The van der Waals surface area contributed by atoms with Crippen molar-refractivity contribution >= 4 is 33.7 Å². The maximum absolute atomic E-state index is 12.4. The molecule has 4 heterocycles. The van der Waals surface area contributed by atoms with Crippen LogP contribution in [0.4, 0.5) is 0 Å². The van der Waals surface area contributed by atoms with E-state index in [4.69, 9.17) is 19.4 Å². The molecule has 0 bridgehead atoms. The summed E-state index contributed by atoms with van der Waals surface area (Å²) in [5.41, 5.74) is 3.57. The first kappa shape index (κ1) is 21.9. The molecular weight excluding hydrogens is 418 g/mol. The van der Waals surface area contributed by atoms with E-state index in [2.05, 4.69) is 26.9 Å². The number of hydrogen-bond acceptors (Lipinski definition) is 6. The molecule has 3 aromatic heterocycles. The first-order valence-corrected chi connectivity index (χ1v) is 12.0. The van der Waals surface area contributed by atoms with E-state index in [9.17, 15) is 4.79 Å². The Morgan fingerprint density at radius 3 is 2.67 bits per heavy atom. The number of fused-ring (bicyclic) bond motifs is 5. The zero-order valence-electron chi connectivity index (χ0n) is 19.4. The minimum Gasteiger partial charge on any atom is -0.424 e. The first-order chi connectivity index (χ1) is 16.2. The lowest BCUT2D eigenvalue weighted by Crippen LogP contribution is -2.38. The molecule has 1 saturated heterocycles. The Hall–Kier alpha value is -2.97. The van der Waals surface area contributed by atoms with Crippen LogP contribution in [0.3, 0.4) is 0 Å². The van der Waals surface area contributed by atoms with Crippen LogP contribution in [0.15, 0.2) is 30.5 Å². The van der Waals surface area contributed by atoms with Crippen molar-refractivity contribution in [3.05, 3.63) is 36.3 Å². The highest BCUT2D eigenvalue weighted by molar-refractivity contribution is 6.00. The van der Waals surface area contributed by atoms with Gasteiger partial charge in [-0.15, -0.1) is 0 Å². The van der Waals surface area contributed by atoms with Crippen molar-refractivity contribution in [3.63, 3.8) is 0 Å². The van der Waals surface area contributed by atoms with Crippen LogP contribution in [-0.4, -0.2) is 62.7 Å². The molecule has 1 aliphatic heterocycles. The van der Waals surface area contributed by atoms with Crippen molar-refractivity contribution in [2.75, 3.05) is 32.8 Å². The summed E-state index contributed by atoms with van der Waals surface area (Å²) >= 11 is 0. The van der Waals surface area contributed by atoms with Crippen molar-refractivity contribution in [1.82, 2.24) is 23.8 Å². The number of nitrogens with zero attached hydrogens (tertiary/aromatic N) is 5. The number of benzene rings is 1. The van der Waals surface area contributed by atoms with Crippen LogP contribution in [-0.2, 0) is 22.5 Å². The lowest BCUT2D eigenvalue weighted by Gasteiger charge is -2.26. The van der Waals surface area contributed by atoms with Crippen molar-refractivity contribution in [2.45, 2.75) is 46.1 Å². The molecule has 5 rings (SSSR count). The van der Waals surface area contributed by atoms with E-state index in [0.717, 1.165) is 92.2 Å². The zero-order valence-corrected chi connectivity index (χ0v) is 19.4. The van der Waals surface area contributed by atoms with E-state index in [1.165, 1.54) is 0 Å². The molecule has 0 saturated carbocycles. The van der Waals surface area contributed by atoms with E-state index in [1.54, 1.807) is 0 Å². The normalized spacial score (nSPS) is 15.1. The molecule has 0 N–H and O–H groups in total. The molecule has 8 heteroatoms. The molecule has 4 aromatic rings. The van der Waals surface area contributed by atoms with Crippen LogP contribution in [0.5, 0.6) is 5.75 Å². The second kappa shape index (κ2) is 9.49. The maximum atomic E-state index is 12.4. The van der Waals surface area contributed by atoms with Gasteiger partial charge < -0.3 is 14.0 Å². The number of morpholine rings is 1. The molecule has 1 aromatic carbocycles. The van der Waals surface area contributed by atoms with Gasteiger partial charge in [-0.3, -0.25) is 14.1 Å². The van der Waals surface area contributed by atoms with Crippen molar-refractivity contribution in [3.8, 4) is 5.75 Å². The molecule has 0 unspecified atom stereocenters. The average Bonchev–Trinajstić information content (AvgIpc) is 3.37. The Kier molecular flexibility index (Phi) is 6.28. The maximum Gasteiger partial charge on any atom is 0.311 e. The fourth-order valence-electron chi connectivity index (χ4n) is 4.57. The summed E-state index contributed by atoms with van der Waals surface area (Å²) in [4.78, 5) is 24.9. The zero-order chi connectivity index (χ0) is 22.8. The third-order valence-corrected chi connectivity index (χ3v) is 6.20. The minimum absolute atomic E-state index is 0.225. The first-order valence-electron chi connectivity index (χ1n) is 12.0. The fraction of sp³-hybridized carbons (Fsp3) is 0.480. The average molecular weight is 450 g/mol. The highest BCUT2D eigenvalue weighted by Crippen LogP contribution is 2.34. The Labute approximate surface area is 193 Å². The number of hydrogen-bond donors (Lipinski definition) is 0. The standard InChI is InChI=1S/C25H31N5O3/c1-3-7-21-27-24-23(25-26-18-9-5-6-10-19(18)30(21)25)20(33-22(31)8-4-2)17-29(24)12-11-28-13-15-32-16-14-28/h5-6,9-10,17H,3-4,7-8,11-16H2,1-2H3. The van der Waals surface area contributed by atoms with Crippen molar-refractivity contribution in [1.29, 1.82) is 0 Å².